The predicted octanol–water partition coefficient (Wildman–Crippen LogP) is 9.63. The van der Waals surface area contributed by atoms with Crippen LogP contribution in [0.2, 0.25) is 0 Å². The number of hydrogen-bond donors (Lipinski definition) is 2. The van der Waals surface area contributed by atoms with Crippen molar-refractivity contribution in [2.45, 2.75) is 107 Å². The monoisotopic (exact) mass is 845 g/mol. The van der Waals surface area contributed by atoms with E-state index in [0.29, 0.717) is 43.9 Å². The zero-order valence-corrected chi connectivity index (χ0v) is 34.6. The third-order valence-electron chi connectivity index (χ3n) is 13.6. The van der Waals surface area contributed by atoms with Gasteiger partial charge in [-0.05, 0) is 96.6 Å². The average molecular weight is 846 g/mol. The van der Waals surface area contributed by atoms with Gasteiger partial charge < -0.3 is 20.4 Å². The first-order chi connectivity index (χ1) is 29.3. The second-order valence-corrected chi connectivity index (χ2v) is 17.8. The van der Waals surface area contributed by atoms with E-state index in [4.69, 9.17) is 5.73 Å². The third-order valence-corrected chi connectivity index (χ3v) is 13.6. The van der Waals surface area contributed by atoms with E-state index in [0.717, 1.165) is 92.9 Å². The van der Waals surface area contributed by atoms with Gasteiger partial charge in [-0.1, -0.05) is 105 Å². The Morgan fingerprint density at radius 2 is 1.41 bits per heavy atom. The van der Waals surface area contributed by atoms with Gasteiger partial charge >= 0.3 is 12.4 Å². The van der Waals surface area contributed by atoms with Crippen molar-refractivity contribution in [3.8, 4) is 0 Å². The van der Waals surface area contributed by atoms with Gasteiger partial charge in [0, 0.05) is 44.3 Å². The summed E-state index contributed by atoms with van der Waals surface area (Å²) in [6.07, 6.45) is 0.165. The van der Waals surface area contributed by atoms with Gasteiger partial charge in [0.15, 0.2) is 11.9 Å². The van der Waals surface area contributed by atoms with Gasteiger partial charge in [-0.2, -0.15) is 26.3 Å². The second kappa shape index (κ2) is 18.3. The molecule has 13 heteroatoms. The van der Waals surface area contributed by atoms with E-state index < -0.39 is 23.5 Å². The number of rotatable bonds is 14. The molecule has 3 aliphatic heterocycles. The van der Waals surface area contributed by atoms with Crippen molar-refractivity contribution in [3.63, 3.8) is 0 Å². The molecule has 4 aromatic rings. The Bertz CT molecular complexity index is 2120. The van der Waals surface area contributed by atoms with Gasteiger partial charge in [0.1, 0.15) is 0 Å². The summed E-state index contributed by atoms with van der Waals surface area (Å²) in [7, 11) is 0. The molecule has 326 valence electrons. The summed E-state index contributed by atoms with van der Waals surface area (Å²) in [6, 6.07) is 27.2. The second-order valence-electron chi connectivity index (χ2n) is 17.8. The van der Waals surface area contributed by atoms with Crippen molar-refractivity contribution in [1.29, 1.82) is 5.41 Å². The maximum atomic E-state index is 13.9. The van der Waals surface area contributed by atoms with Gasteiger partial charge in [-0.25, -0.2) is 0 Å². The topological polar surface area (TPSA) is 75.2 Å². The molecule has 3 heterocycles. The lowest BCUT2D eigenvalue weighted by molar-refractivity contribution is -0.143. The number of alkyl halides is 6. The van der Waals surface area contributed by atoms with E-state index >= 15 is 0 Å². The van der Waals surface area contributed by atoms with Gasteiger partial charge in [0.2, 0.25) is 0 Å². The normalized spacial score (nSPS) is 22.5. The molecule has 0 radical (unpaired) electrons. The summed E-state index contributed by atoms with van der Waals surface area (Å²) >= 11 is 0. The molecule has 0 bridgehead atoms. The summed E-state index contributed by atoms with van der Waals surface area (Å²) in [6.45, 7) is 3.73. The van der Waals surface area contributed by atoms with Crippen LogP contribution >= 0.6 is 0 Å². The molecule has 0 aromatic heterocycles. The van der Waals surface area contributed by atoms with Crippen LogP contribution < -0.4 is 5.73 Å². The Balaban J connectivity index is 1.07. The number of nitrogens with zero attached hydrogens (tertiary/aromatic N) is 5. The Hall–Kier alpha value is -4.78. The first-order valence-electron chi connectivity index (χ1n) is 22.0. The molecule has 7 nitrogen and oxygen atoms in total. The van der Waals surface area contributed by atoms with Crippen LogP contribution in [0.15, 0.2) is 96.0 Å². The minimum absolute atomic E-state index is 0.0345. The Kier molecular flexibility index (Phi) is 12.9. The smallest absolute Gasteiger partial charge is 0.370 e. The number of nitrogens with one attached hydrogen (secondary N) is 1. The molecular formula is C48H57F6N7. The van der Waals surface area contributed by atoms with Crippen LogP contribution in [0.1, 0.15) is 79.2 Å². The minimum atomic E-state index is -4.92. The Labute approximate surface area is 355 Å². The fourth-order valence-electron chi connectivity index (χ4n) is 10.4. The summed E-state index contributed by atoms with van der Waals surface area (Å²) in [5.41, 5.74) is 6.30. The quantitative estimate of drug-likeness (QED) is 0.124. The van der Waals surface area contributed by atoms with E-state index in [1.165, 1.54) is 12.0 Å². The van der Waals surface area contributed by atoms with Crippen molar-refractivity contribution < 1.29 is 26.3 Å². The number of hydrogen-bond acceptors (Lipinski definition) is 5. The molecule has 1 unspecified atom stereocenters. The standard InChI is InChI=1S/C48H57F6N7/c49-47(50,51)39-23-36(24-40(28-39)48(52,53)54)19-21-59-44(26-34-12-5-2-6-13-34)32-61(46(59)56)43(27-35-17-18-37-14-7-8-15-38(37)22-35)30-58-20-9-16-41(58)31-60-42(29-57-45(60)55)25-33-10-3-1-4-11-33/h1,3-4,7-8,10-11,14-15,17-18,22-24,28,34,41-44,56H,2,5-6,9,12-13,16,19-21,25-27,29-32H2,(H2,55,57)/t41?,42-,43+,44+/m0/s1. The summed E-state index contributed by atoms with van der Waals surface area (Å²) in [5, 5.41) is 12.1. The van der Waals surface area contributed by atoms with Crippen LogP contribution in [0.25, 0.3) is 10.8 Å². The van der Waals surface area contributed by atoms with Crippen LogP contribution in [0.4, 0.5) is 26.3 Å². The molecule has 3 fully saturated rings. The summed E-state index contributed by atoms with van der Waals surface area (Å²) in [4.78, 5) is 13.6. The SMILES string of the molecule is N=C1N(CCc2cc(C(F)(F)F)cc(C(F)(F)F)c2)[C@H](CC2CCCCC2)CN1[C@H](Cc1ccc2ccccc2c1)CN1CCCC1CN1C(N)=NC[C@@H]1Cc1ccccc1. The number of halogens is 6. The highest BCUT2D eigenvalue weighted by atomic mass is 19.4. The number of guanidine groups is 2. The molecule has 4 atom stereocenters. The maximum Gasteiger partial charge on any atom is 0.416 e. The third kappa shape index (κ3) is 10.3. The Morgan fingerprint density at radius 1 is 0.705 bits per heavy atom. The first-order valence-corrected chi connectivity index (χ1v) is 22.0. The number of fused-ring (bicyclic) bond motifs is 1. The maximum absolute atomic E-state index is 13.9. The molecule has 1 aliphatic carbocycles. The molecule has 3 N–H and O–H groups in total. The number of nitrogens with two attached hydrogens (primary N) is 1. The van der Waals surface area contributed by atoms with Crippen LogP contribution in [0.3, 0.4) is 0 Å². The van der Waals surface area contributed by atoms with Gasteiger partial charge in [-0.3, -0.25) is 15.3 Å². The van der Waals surface area contributed by atoms with Gasteiger partial charge in [-0.15, -0.1) is 0 Å². The molecule has 0 spiro atoms. The van der Waals surface area contributed by atoms with E-state index in [1.54, 1.807) is 0 Å². The van der Waals surface area contributed by atoms with Crippen LogP contribution in [0, 0.1) is 11.3 Å². The predicted molar refractivity (Wildman–Crippen MR) is 229 cm³/mol. The zero-order chi connectivity index (χ0) is 42.7. The lowest BCUT2D eigenvalue weighted by Crippen LogP contribution is -2.52. The molecule has 2 saturated heterocycles. The minimum Gasteiger partial charge on any atom is -0.370 e. The summed E-state index contributed by atoms with van der Waals surface area (Å²) in [5.74, 6) is 1.33. The number of aliphatic imine (C=N–C) groups is 1. The molecular weight excluding hydrogens is 789 g/mol. The molecule has 4 aromatic carbocycles. The molecule has 61 heavy (non-hydrogen) atoms. The van der Waals surface area contributed by atoms with Crippen LogP contribution in [-0.2, 0) is 31.6 Å². The fourth-order valence-corrected chi connectivity index (χ4v) is 10.4. The zero-order valence-electron chi connectivity index (χ0n) is 34.6. The van der Waals surface area contributed by atoms with Crippen molar-refractivity contribution in [2.75, 3.05) is 39.3 Å². The van der Waals surface area contributed by atoms with Crippen LogP contribution in [-0.4, -0.2) is 95.0 Å². The van der Waals surface area contributed by atoms with Crippen molar-refractivity contribution >= 4 is 22.7 Å². The van der Waals surface area contributed by atoms with Crippen molar-refractivity contribution in [2.24, 2.45) is 16.6 Å². The Morgan fingerprint density at radius 3 is 2.13 bits per heavy atom. The van der Waals surface area contributed by atoms with Crippen molar-refractivity contribution in [1.82, 2.24) is 19.6 Å². The fraction of sp³-hybridized carbons (Fsp3) is 0.500. The number of likely N-dealkylation sites (tertiary alicyclic amines) is 1. The lowest BCUT2D eigenvalue weighted by atomic mass is 9.84. The van der Waals surface area contributed by atoms with Crippen molar-refractivity contribution in [3.05, 3.63) is 119 Å². The van der Waals surface area contributed by atoms with E-state index in [2.05, 4.69) is 74.3 Å². The lowest BCUT2D eigenvalue weighted by Gasteiger charge is -2.37. The highest BCUT2D eigenvalue weighted by Crippen LogP contribution is 2.38. The highest BCUT2D eigenvalue weighted by molar-refractivity contribution is 5.83. The van der Waals surface area contributed by atoms with Crippen LogP contribution in [0.5, 0.6) is 0 Å². The van der Waals surface area contributed by atoms with E-state index in [-0.39, 0.29) is 48.8 Å². The van der Waals surface area contributed by atoms with E-state index in [9.17, 15) is 31.8 Å². The summed E-state index contributed by atoms with van der Waals surface area (Å²) < 4.78 is 83.2. The molecule has 8 rings (SSSR count). The highest BCUT2D eigenvalue weighted by Gasteiger charge is 2.42. The van der Waals surface area contributed by atoms with Gasteiger partial charge in [0.05, 0.1) is 23.7 Å². The average Bonchev–Trinajstić information content (AvgIpc) is 3.92. The molecule has 4 aliphatic rings. The largest absolute Gasteiger partial charge is 0.416 e. The number of benzene rings is 4. The van der Waals surface area contributed by atoms with Gasteiger partial charge in [0.25, 0.3) is 0 Å². The molecule has 1 saturated carbocycles. The van der Waals surface area contributed by atoms with E-state index in [1.807, 2.05) is 23.1 Å². The molecule has 0 amide bonds. The first kappa shape index (κ1) is 42.9.